The Labute approximate surface area is 372 Å². The number of ether oxygens (including phenoxy) is 3. The zero-order valence-electron chi connectivity index (χ0n) is 40.4. The molecular formula is C50H90NO9P. The summed E-state index contributed by atoms with van der Waals surface area (Å²) in [6.45, 7) is 14.1. The topological polar surface area (TPSA) is 120 Å². The van der Waals surface area contributed by atoms with Crippen molar-refractivity contribution < 1.29 is 46.8 Å². The van der Waals surface area contributed by atoms with Crippen molar-refractivity contribution in [1.82, 2.24) is 0 Å². The van der Waals surface area contributed by atoms with Crippen LogP contribution in [0.4, 0.5) is 4.79 Å². The fourth-order valence-corrected chi connectivity index (χ4v) is 12.7. The first-order chi connectivity index (χ1) is 28.9. The number of nitrogens with zero attached hydrogens (tertiary/aromatic N) is 1. The highest BCUT2D eigenvalue weighted by Gasteiger charge is 2.59. The largest absolute Gasteiger partial charge is 0.756 e. The predicted octanol–water partition coefficient (Wildman–Crippen LogP) is 12.4. The molecule has 0 aliphatic heterocycles. The minimum Gasteiger partial charge on any atom is -0.756 e. The van der Waals surface area contributed by atoms with Crippen LogP contribution in [0.3, 0.4) is 0 Å². The lowest BCUT2D eigenvalue weighted by molar-refractivity contribution is -0.870. The highest BCUT2D eigenvalue weighted by molar-refractivity contribution is 7.45. The minimum absolute atomic E-state index is 0.0535. The van der Waals surface area contributed by atoms with Gasteiger partial charge in [-0.1, -0.05) is 137 Å². The molecule has 3 fully saturated rings. The number of carbonyl (C=O) groups is 2. The standard InChI is InChI=1S/C50H90NO9P/c1-10-11-12-13-14-15-16-17-18-19-20-24-47(52)56-36-42(37-58-61(54,55)57-34-33-51(7,8)9)60-48(53)59-41-29-31-49(5)40(35-41)25-26-43-45-28-27-44(39(4)23-21-22-38(2)3)50(45,6)32-30-46(43)49/h25,38-39,41-46H,10-24,26-37H2,1-9H3/t39-,41+,42?,43+,44-,45+,46+,49+,50-/m1/s1. The molecule has 0 amide bonds. The summed E-state index contributed by atoms with van der Waals surface area (Å²) < 4.78 is 40.4. The molecule has 4 aliphatic rings. The highest BCUT2D eigenvalue weighted by Crippen LogP contribution is 2.67. The van der Waals surface area contributed by atoms with Gasteiger partial charge in [0.2, 0.25) is 0 Å². The lowest BCUT2D eigenvalue weighted by Gasteiger charge is -2.58. The number of phosphoric acid groups is 1. The molecule has 0 saturated heterocycles. The van der Waals surface area contributed by atoms with Gasteiger partial charge >= 0.3 is 12.1 Å². The number of fused-ring (bicyclic) bond motifs is 5. The number of unbranched alkanes of at least 4 members (excludes halogenated alkanes) is 10. The number of rotatable bonds is 28. The molecule has 2 unspecified atom stereocenters. The zero-order valence-corrected chi connectivity index (χ0v) is 41.3. The van der Waals surface area contributed by atoms with Crippen LogP contribution in [0.25, 0.3) is 0 Å². The molecule has 11 heteroatoms. The third-order valence-corrected chi connectivity index (χ3v) is 16.6. The molecule has 61 heavy (non-hydrogen) atoms. The van der Waals surface area contributed by atoms with Crippen molar-refractivity contribution in [3.05, 3.63) is 11.6 Å². The van der Waals surface area contributed by atoms with Gasteiger partial charge in [0.25, 0.3) is 7.82 Å². The Morgan fingerprint density at radius 2 is 1.51 bits per heavy atom. The number of allylic oxidation sites excluding steroid dienone is 1. The maximum Gasteiger partial charge on any atom is 0.509 e. The van der Waals surface area contributed by atoms with Gasteiger partial charge in [-0.05, 0) is 97.7 Å². The van der Waals surface area contributed by atoms with E-state index in [1.165, 1.54) is 102 Å². The Hall–Kier alpha value is -1.45. The third kappa shape index (κ3) is 16.5. The van der Waals surface area contributed by atoms with E-state index in [4.69, 9.17) is 23.3 Å². The molecule has 0 N–H and O–H groups in total. The number of esters is 1. The Morgan fingerprint density at radius 1 is 0.836 bits per heavy atom. The second-order valence-corrected chi connectivity index (χ2v) is 23.2. The maximum atomic E-state index is 13.3. The number of phosphoric ester groups is 1. The van der Waals surface area contributed by atoms with E-state index in [1.54, 1.807) is 0 Å². The van der Waals surface area contributed by atoms with Crippen molar-refractivity contribution in [2.24, 2.45) is 46.3 Å². The van der Waals surface area contributed by atoms with Crippen molar-refractivity contribution in [3.8, 4) is 0 Å². The van der Waals surface area contributed by atoms with Crippen LogP contribution in [0.15, 0.2) is 11.6 Å². The third-order valence-electron chi connectivity index (χ3n) is 15.6. The van der Waals surface area contributed by atoms with E-state index in [-0.39, 0.29) is 31.2 Å². The van der Waals surface area contributed by atoms with Crippen LogP contribution in [0.5, 0.6) is 0 Å². The predicted molar refractivity (Wildman–Crippen MR) is 243 cm³/mol. The Bertz CT molecular complexity index is 1410. The van der Waals surface area contributed by atoms with Crippen LogP contribution in [0.2, 0.25) is 0 Å². The molecule has 0 aromatic heterocycles. The Balaban J connectivity index is 1.27. The second-order valence-electron chi connectivity index (χ2n) is 21.8. The second kappa shape index (κ2) is 24.7. The molecule has 0 aromatic carbocycles. The summed E-state index contributed by atoms with van der Waals surface area (Å²) in [5.41, 5.74) is 1.95. The van der Waals surface area contributed by atoms with Crippen molar-refractivity contribution in [1.29, 1.82) is 0 Å². The molecule has 10 nitrogen and oxygen atoms in total. The minimum atomic E-state index is -4.70. The van der Waals surface area contributed by atoms with E-state index in [2.05, 4.69) is 47.6 Å². The average Bonchev–Trinajstić information content (AvgIpc) is 3.54. The number of hydrogen-bond acceptors (Lipinski definition) is 9. The van der Waals surface area contributed by atoms with Crippen LogP contribution < -0.4 is 4.89 Å². The molecule has 3 saturated carbocycles. The normalized spacial score (nSPS) is 29.4. The van der Waals surface area contributed by atoms with Gasteiger partial charge in [-0.15, -0.1) is 0 Å². The smallest absolute Gasteiger partial charge is 0.509 e. The summed E-state index contributed by atoms with van der Waals surface area (Å²) in [6, 6.07) is 0. The number of quaternary nitrogens is 1. The van der Waals surface area contributed by atoms with Crippen LogP contribution >= 0.6 is 7.82 Å². The van der Waals surface area contributed by atoms with E-state index >= 15 is 0 Å². The maximum absolute atomic E-state index is 13.3. The quantitative estimate of drug-likeness (QED) is 0.0249. The van der Waals surface area contributed by atoms with E-state index in [0.29, 0.717) is 35.2 Å². The van der Waals surface area contributed by atoms with Crippen molar-refractivity contribution in [3.63, 3.8) is 0 Å². The average molecular weight is 880 g/mol. The summed E-state index contributed by atoms with van der Waals surface area (Å²) >= 11 is 0. The molecule has 0 aromatic rings. The summed E-state index contributed by atoms with van der Waals surface area (Å²) in [6.07, 6.45) is 26.1. The number of likely N-dealkylation sites (N-methyl/N-ethyl adjacent to an activating group) is 1. The Kier molecular flexibility index (Phi) is 21.2. The van der Waals surface area contributed by atoms with Crippen molar-refractivity contribution >= 4 is 19.9 Å². The first kappa shape index (κ1) is 52.2. The van der Waals surface area contributed by atoms with Gasteiger partial charge in [0.15, 0.2) is 6.10 Å². The van der Waals surface area contributed by atoms with Crippen LogP contribution in [-0.2, 0) is 32.6 Å². The van der Waals surface area contributed by atoms with Gasteiger partial charge in [-0.3, -0.25) is 9.36 Å². The number of carbonyl (C=O) groups excluding carboxylic acids is 2. The fourth-order valence-electron chi connectivity index (χ4n) is 12.0. The molecule has 4 aliphatic carbocycles. The first-order valence-corrected chi connectivity index (χ1v) is 26.5. The van der Waals surface area contributed by atoms with E-state index < -0.39 is 32.7 Å². The summed E-state index contributed by atoms with van der Waals surface area (Å²) in [5.74, 6) is 4.13. The highest BCUT2D eigenvalue weighted by atomic mass is 31.2. The molecule has 4 rings (SSSR count). The zero-order chi connectivity index (χ0) is 44.7. The van der Waals surface area contributed by atoms with Crippen LogP contribution in [0.1, 0.15) is 189 Å². The van der Waals surface area contributed by atoms with Gasteiger partial charge in [0.05, 0.1) is 27.7 Å². The fraction of sp³-hybridized carbons (Fsp3) is 0.920. The molecule has 0 bridgehead atoms. The summed E-state index contributed by atoms with van der Waals surface area (Å²) in [4.78, 5) is 38.7. The molecule has 354 valence electrons. The van der Waals surface area contributed by atoms with E-state index in [9.17, 15) is 19.0 Å². The number of hydrogen-bond donors (Lipinski definition) is 0. The van der Waals surface area contributed by atoms with Crippen molar-refractivity contribution in [2.45, 2.75) is 201 Å². The van der Waals surface area contributed by atoms with Gasteiger partial charge in [-0.25, -0.2) is 4.79 Å². The van der Waals surface area contributed by atoms with Crippen molar-refractivity contribution in [2.75, 3.05) is 47.5 Å². The Morgan fingerprint density at radius 3 is 2.16 bits per heavy atom. The lowest BCUT2D eigenvalue weighted by atomic mass is 9.47. The monoisotopic (exact) mass is 880 g/mol. The van der Waals surface area contributed by atoms with Gasteiger partial charge in [0, 0.05) is 12.8 Å². The lowest BCUT2D eigenvalue weighted by Crippen LogP contribution is -2.51. The van der Waals surface area contributed by atoms with Gasteiger partial charge in [0.1, 0.15) is 25.9 Å². The first-order valence-electron chi connectivity index (χ1n) is 25.0. The molecule has 10 atom stereocenters. The molecule has 0 heterocycles. The van der Waals surface area contributed by atoms with E-state index in [0.717, 1.165) is 61.7 Å². The SMILES string of the molecule is CCCCCCCCCCCCCC(=O)OCC(COP(=O)([O-])OCC[N+](C)(C)C)OC(=O)O[C@H]1CC[C@@]2(C)C(=CC[C@H]3[C@@H]4CC[C@H]([C@H](C)CCCC(C)C)[C@@]4(C)CC[C@@H]32)C1. The van der Waals surface area contributed by atoms with Crippen LogP contribution in [0, 0.1) is 46.3 Å². The molecule has 0 spiro atoms. The van der Waals surface area contributed by atoms with Gasteiger partial charge < -0.3 is 32.6 Å². The van der Waals surface area contributed by atoms with Crippen LogP contribution in [-0.4, -0.2) is 76.3 Å². The van der Waals surface area contributed by atoms with Gasteiger partial charge in [-0.2, -0.15) is 0 Å². The van der Waals surface area contributed by atoms with E-state index in [1.807, 2.05) is 21.1 Å². The molecular weight excluding hydrogens is 790 g/mol. The molecule has 0 radical (unpaired) electrons. The summed E-state index contributed by atoms with van der Waals surface area (Å²) in [5, 5.41) is 0. The summed E-state index contributed by atoms with van der Waals surface area (Å²) in [7, 11) is 1.09.